The number of epoxide rings is 2. The summed E-state index contributed by atoms with van der Waals surface area (Å²) in [6, 6.07) is 0. The number of ether oxygens (including phenoxy) is 2. The van der Waals surface area contributed by atoms with E-state index in [2.05, 4.69) is 13.8 Å². The highest BCUT2D eigenvalue weighted by Gasteiger charge is 2.53. The normalized spacial score (nSPS) is 60.4. The fourth-order valence-electron chi connectivity index (χ4n) is 4.48. The highest BCUT2D eigenvalue weighted by atomic mass is 16.6. The van der Waals surface area contributed by atoms with Crippen molar-refractivity contribution >= 4 is 0 Å². The van der Waals surface area contributed by atoms with Crippen LogP contribution in [0.3, 0.4) is 0 Å². The molecule has 7 atom stereocenters. The Labute approximate surface area is 104 Å². The molecule has 7 unspecified atom stereocenters. The zero-order valence-corrected chi connectivity index (χ0v) is 11.0. The van der Waals surface area contributed by atoms with Gasteiger partial charge in [0, 0.05) is 0 Å². The van der Waals surface area contributed by atoms with E-state index in [4.69, 9.17) is 9.47 Å². The molecule has 2 aliphatic heterocycles. The van der Waals surface area contributed by atoms with Crippen LogP contribution in [0.4, 0.5) is 0 Å². The molecule has 0 spiro atoms. The molecule has 0 aromatic heterocycles. The van der Waals surface area contributed by atoms with Crippen molar-refractivity contribution in [3.8, 4) is 0 Å². The second-order valence-electron chi connectivity index (χ2n) is 7.30. The maximum Gasteiger partial charge on any atom is 0.0847 e. The van der Waals surface area contributed by atoms with Gasteiger partial charge >= 0.3 is 0 Å². The first-order chi connectivity index (χ1) is 8.14. The second-order valence-corrected chi connectivity index (χ2v) is 7.30. The van der Waals surface area contributed by atoms with Crippen LogP contribution in [0.5, 0.6) is 0 Å². The van der Waals surface area contributed by atoms with Crippen LogP contribution in [0.25, 0.3) is 0 Å². The Morgan fingerprint density at radius 3 is 2.59 bits per heavy atom. The van der Waals surface area contributed by atoms with E-state index in [0.29, 0.717) is 29.8 Å². The first-order valence-electron chi connectivity index (χ1n) is 7.45. The third-order valence-electron chi connectivity index (χ3n) is 6.00. The van der Waals surface area contributed by atoms with Crippen molar-refractivity contribution in [2.75, 3.05) is 0 Å². The van der Waals surface area contributed by atoms with Gasteiger partial charge in [-0.2, -0.15) is 0 Å². The van der Waals surface area contributed by atoms with E-state index in [1.807, 2.05) is 0 Å². The molecule has 4 aliphatic rings. The lowest BCUT2D eigenvalue weighted by molar-refractivity contribution is 0.0994. The summed E-state index contributed by atoms with van der Waals surface area (Å²) >= 11 is 0. The van der Waals surface area contributed by atoms with Gasteiger partial charge in [-0.3, -0.25) is 0 Å². The van der Waals surface area contributed by atoms with E-state index in [1.165, 1.54) is 38.5 Å². The van der Waals surface area contributed by atoms with Gasteiger partial charge in [-0.05, 0) is 55.8 Å². The summed E-state index contributed by atoms with van der Waals surface area (Å²) in [4.78, 5) is 0. The van der Waals surface area contributed by atoms with E-state index < -0.39 is 0 Å². The van der Waals surface area contributed by atoms with Crippen molar-refractivity contribution < 1.29 is 9.47 Å². The first kappa shape index (κ1) is 10.8. The van der Waals surface area contributed by atoms with Gasteiger partial charge in [0.15, 0.2) is 0 Å². The Morgan fingerprint density at radius 2 is 1.76 bits per heavy atom. The molecule has 0 radical (unpaired) electrons. The molecule has 17 heavy (non-hydrogen) atoms. The van der Waals surface area contributed by atoms with Crippen LogP contribution in [0, 0.1) is 17.3 Å². The number of rotatable bonds is 2. The number of hydrogen-bond donors (Lipinski definition) is 0. The van der Waals surface area contributed by atoms with Crippen molar-refractivity contribution in [1.29, 1.82) is 0 Å². The molecule has 2 saturated carbocycles. The Bertz CT molecular complexity index is 329. The summed E-state index contributed by atoms with van der Waals surface area (Å²) < 4.78 is 11.4. The van der Waals surface area contributed by atoms with Gasteiger partial charge in [-0.25, -0.2) is 0 Å². The Kier molecular flexibility index (Phi) is 2.21. The molecule has 0 bridgehead atoms. The van der Waals surface area contributed by atoms with Crippen LogP contribution in [0.15, 0.2) is 0 Å². The zero-order valence-electron chi connectivity index (χ0n) is 11.0. The predicted octanol–water partition coefficient (Wildman–Crippen LogP) is 3.15. The fraction of sp³-hybridized carbons (Fsp3) is 1.00. The molecule has 2 heteroatoms. The fourth-order valence-corrected chi connectivity index (χ4v) is 4.48. The van der Waals surface area contributed by atoms with Crippen molar-refractivity contribution in [3.63, 3.8) is 0 Å². The lowest BCUT2D eigenvalue weighted by Gasteiger charge is -2.41. The quantitative estimate of drug-likeness (QED) is 0.688. The molecule has 4 fully saturated rings. The van der Waals surface area contributed by atoms with Gasteiger partial charge in [0.2, 0.25) is 0 Å². The minimum Gasteiger partial charge on any atom is -0.370 e. The molecule has 0 N–H and O–H groups in total. The maximum atomic E-state index is 5.74. The topological polar surface area (TPSA) is 25.1 Å². The summed E-state index contributed by atoms with van der Waals surface area (Å²) in [5.74, 6) is 1.76. The summed E-state index contributed by atoms with van der Waals surface area (Å²) in [6.07, 6.45) is 10.6. The average Bonchev–Trinajstić information content (AvgIpc) is 3.13. The van der Waals surface area contributed by atoms with Crippen LogP contribution in [-0.4, -0.2) is 24.4 Å². The highest BCUT2D eigenvalue weighted by molar-refractivity contribution is 5.02. The molecule has 4 rings (SSSR count). The van der Waals surface area contributed by atoms with Gasteiger partial charge in [0.25, 0.3) is 0 Å². The minimum absolute atomic E-state index is 0.532. The molecule has 2 saturated heterocycles. The van der Waals surface area contributed by atoms with Crippen LogP contribution in [-0.2, 0) is 9.47 Å². The maximum absolute atomic E-state index is 5.74. The van der Waals surface area contributed by atoms with Gasteiger partial charge in [-0.1, -0.05) is 13.8 Å². The monoisotopic (exact) mass is 236 g/mol. The highest BCUT2D eigenvalue weighted by Crippen LogP contribution is 2.54. The van der Waals surface area contributed by atoms with Crippen molar-refractivity contribution in [3.05, 3.63) is 0 Å². The van der Waals surface area contributed by atoms with E-state index >= 15 is 0 Å². The van der Waals surface area contributed by atoms with Crippen molar-refractivity contribution in [1.82, 2.24) is 0 Å². The molecular formula is C15H24O2. The van der Waals surface area contributed by atoms with E-state index in [1.54, 1.807) is 0 Å². The smallest absolute Gasteiger partial charge is 0.0847 e. The molecule has 2 nitrogen and oxygen atoms in total. The van der Waals surface area contributed by atoms with Gasteiger partial charge in [-0.15, -0.1) is 0 Å². The third kappa shape index (κ3) is 1.84. The van der Waals surface area contributed by atoms with Gasteiger partial charge in [0.05, 0.1) is 24.4 Å². The van der Waals surface area contributed by atoms with Crippen LogP contribution >= 0.6 is 0 Å². The molecule has 0 amide bonds. The predicted molar refractivity (Wildman–Crippen MR) is 65.8 cm³/mol. The summed E-state index contributed by atoms with van der Waals surface area (Å²) in [5, 5.41) is 0. The van der Waals surface area contributed by atoms with Gasteiger partial charge in [0.1, 0.15) is 0 Å². The van der Waals surface area contributed by atoms with E-state index in [-0.39, 0.29) is 0 Å². The number of hydrogen-bond acceptors (Lipinski definition) is 2. The first-order valence-corrected chi connectivity index (χ1v) is 7.45. The van der Waals surface area contributed by atoms with Crippen LogP contribution in [0.2, 0.25) is 0 Å². The van der Waals surface area contributed by atoms with Gasteiger partial charge < -0.3 is 9.47 Å². The summed E-state index contributed by atoms with van der Waals surface area (Å²) in [7, 11) is 0. The lowest BCUT2D eigenvalue weighted by atomic mass is 9.63. The third-order valence-corrected chi connectivity index (χ3v) is 6.00. The molecule has 2 aliphatic carbocycles. The minimum atomic E-state index is 0.532. The SMILES string of the molecule is CC1CC2OC2CC1(C)CC1CCC2OC2C1. The van der Waals surface area contributed by atoms with E-state index in [9.17, 15) is 0 Å². The lowest BCUT2D eigenvalue weighted by Crippen LogP contribution is -2.35. The standard InChI is InChI=1S/C15H24O2/c1-9-5-12-14(17-12)8-15(9,2)7-10-3-4-11-13(6-10)16-11/h9-14H,3-8H2,1-2H3. The number of fused-ring (bicyclic) bond motifs is 2. The molecule has 0 aromatic rings. The Hall–Kier alpha value is -0.0800. The summed E-state index contributed by atoms with van der Waals surface area (Å²) in [5.41, 5.74) is 0.532. The van der Waals surface area contributed by atoms with Crippen molar-refractivity contribution in [2.45, 2.75) is 76.8 Å². The average molecular weight is 236 g/mol. The van der Waals surface area contributed by atoms with Crippen molar-refractivity contribution in [2.24, 2.45) is 17.3 Å². The Morgan fingerprint density at radius 1 is 1.00 bits per heavy atom. The molecule has 0 aromatic carbocycles. The largest absolute Gasteiger partial charge is 0.370 e. The Balaban J connectivity index is 1.42. The van der Waals surface area contributed by atoms with E-state index in [0.717, 1.165) is 11.8 Å². The molecule has 96 valence electrons. The molecular weight excluding hydrogens is 212 g/mol. The summed E-state index contributed by atoms with van der Waals surface area (Å²) in [6.45, 7) is 4.95. The van der Waals surface area contributed by atoms with Crippen LogP contribution in [0.1, 0.15) is 52.4 Å². The zero-order chi connectivity index (χ0) is 11.6. The second kappa shape index (κ2) is 3.48. The van der Waals surface area contributed by atoms with Crippen LogP contribution < -0.4 is 0 Å². The molecule has 2 heterocycles.